The molecule has 2 saturated heterocycles. The molecular weight excluding hydrogens is 533 g/mol. The van der Waals surface area contributed by atoms with E-state index in [1.807, 2.05) is 29.2 Å². The number of ether oxygens (including phenoxy) is 1. The highest BCUT2D eigenvalue weighted by molar-refractivity contribution is 14.0. The molecule has 182 valence electrons. The minimum atomic E-state index is -0.341. The first-order valence-electron chi connectivity index (χ1n) is 11.9. The standard InChI is InChI=1S/C24H35N5O3.HI/c1-25-24(28-20-11-12-29(16-20)23(31)18-7-2-3-8-18)26-15-17-6-4-9-19(14-17)27-22(30)21-10-5-13-32-21;/h4,6,9,14,18,20-21H,2-3,5,7-8,10-13,15-16H2,1H3,(H,27,30)(H2,25,26,28);1H. The normalized spacial score (nSPS) is 23.3. The molecule has 8 nitrogen and oxygen atoms in total. The molecule has 33 heavy (non-hydrogen) atoms. The first kappa shape index (κ1) is 25.7. The van der Waals surface area contributed by atoms with Crippen LogP contribution in [0.4, 0.5) is 5.69 Å². The highest BCUT2D eigenvalue weighted by atomic mass is 127. The topological polar surface area (TPSA) is 95.1 Å². The first-order valence-corrected chi connectivity index (χ1v) is 11.9. The van der Waals surface area contributed by atoms with Gasteiger partial charge in [-0.15, -0.1) is 24.0 Å². The van der Waals surface area contributed by atoms with Gasteiger partial charge in [-0.3, -0.25) is 14.6 Å². The molecule has 3 N–H and O–H groups in total. The van der Waals surface area contributed by atoms with Gasteiger partial charge in [-0.1, -0.05) is 25.0 Å². The molecule has 4 rings (SSSR count). The van der Waals surface area contributed by atoms with Crippen LogP contribution in [0.3, 0.4) is 0 Å². The van der Waals surface area contributed by atoms with Gasteiger partial charge in [0, 0.05) is 50.9 Å². The highest BCUT2D eigenvalue weighted by Crippen LogP contribution is 2.27. The van der Waals surface area contributed by atoms with E-state index >= 15 is 0 Å². The molecule has 2 aliphatic heterocycles. The number of guanidine groups is 1. The van der Waals surface area contributed by atoms with E-state index in [0.717, 1.165) is 62.4 Å². The number of benzene rings is 1. The molecule has 3 fully saturated rings. The molecule has 2 atom stereocenters. The quantitative estimate of drug-likeness (QED) is 0.278. The largest absolute Gasteiger partial charge is 0.368 e. The minimum absolute atomic E-state index is 0. The second-order valence-corrected chi connectivity index (χ2v) is 9.01. The third kappa shape index (κ3) is 7.05. The van der Waals surface area contributed by atoms with Crippen LogP contribution in [0, 0.1) is 5.92 Å². The van der Waals surface area contributed by atoms with Gasteiger partial charge < -0.3 is 25.6 Å². The number of halogens is 1. The number of rotatable bonds is 6. The van der Waals surface area contributed by atoms with Gasteiger partial charge in [0.25, 0.3) is 5.91 Å². The Morgan fingerprint density at radius 2 is 1.97 bits per heavy atom. The van der Waals surface area contributed by atoms with Gasteiger partial charge in [0.1, 0.15) is 6.10 Å². The molecule has 0 spiro atoms. The van der Waals surface area contributed by atoms with Crippen LogP contribution in [-0.2, 0) is 20.9 Å². The lowest BCUT2D eigenvalue weighted by Crippen LogP contribution is -2.45. The predicted molar refractivity (Wildman–Crippen MR) is 140 cm³/mol. The van der Waals surface area contributed by atoms with Crippen molar-refractivity contribution in [2.45, 2.75) is 63.6 Å². The van der Waals surface area contributed by atoms with E-state index in [0.29, 0.717) is 19.1 Å². The van der Waals surface area contributed by atoms with Gasteiger partial charge in [-0.25, -0.2) is 0 Å². The van der Waals surface area contributed by atoms with Crippen LogP contribution in [-0.4, -0.2) is 61.6 Å². The van der Waals surface area contributed by atoms with Crippen molar-refractivity contribution >= 4 is 47.4 Å². The van der Waals surface area contributed by atoms with Crippen LogP contribution in [0.5, 0.6) is 0 Å². The molecule has 0 aromatic heterocycles. The molecule has 0 bridgehead atoms. The summed E-state index contributed by atoms with van der Waals surface area (Å²) in [4.78, 5) is 31.3. The lowest BCUT2D eigenvalue weighted by atomic mass is 10.1. The Hall–Kier alpha value is -1.88. The summed E-state index contributed by atoms with van der Waals surface area (Å²) in [5, 5.41) is 9.75. The van der Waals surface area contributed by atoms with Crippen molar-refractivity contribution in [3.8, 4) is 0 Å². The van der Waals surface area contributed by atoms with Crippen molar-refractivity contribution in [3.63, 3.8) is 0 Å². The number of hydrogen-bond acceptors (Lipinski definition) is 4. The molecule has 2 heterocycles. The molecule has 0 radical (unpaired) electrons. The van der Waals surface area contributed by atoms with Crippen LogP contribution in [0.15, 0.2) is 29.3 Å². The number of likely N-dealkylation sites (tertiary alicyclic amines) is 1. The lowest BCUT2D eigenvalue weighted by Gasteiger charge is -2.21. The molecule has 2 amide bonds. The fraction of sp³-hybridized carbons (Fsp3) is 0.625. The number of anilines is 1. The van der Waals surface area contributed by atoms with Crippen molar-refractivity contribution in [1.29, 1.82) is 0 Å². The van der Waals surface area contributed by atoms with Crippen LogP contribution >= 0.6 is 24.0 Å². The monoisotopic (exact) mass is 569 g/mol. The zero-order valence-electron chi connectivity index (χ0n) is 19.3. The van der Waals surface area contributed by atoms with E-state index in [1.165, 1.54) is 12.8 Å². The maximum absolute atomic E-state index is 12.7. The second-order valence-electron chi connectivity index (χ2n) is 9.01. The fourth-order valence-corrected chi connectivity index (χ4v) is 4.85. The van der Waals surface area contributed by atoms with Gasteiger partial charge in [0.15, 0.2) is 5.96 Å². The highest BCUT2D eigenvalue weighted by Gasteiger charge is 2.32. The summed E-state index contributed by atoms with van der Waals surface area (Å²) in [6, 6.07) is 8.01. The molecule has 1 aromatic rings. The van der Waals surface area contributed by atoms with Gasteiger partial charge in [0.05, 0.1) is 0 Å². The van der Waals surface area contributed by atoms with E-state index in [9.17, 15) is 9.59 Å². The van der Waals surface area contributed by atoms with Gasteiger partial charge in [-0.2, -0.15) is 0 Å². The summed E-state index contributed by atoms with van der Waals surface area (Å²) in [5.41, 5.74) is 1.81. The Morgan fingerprint density at radius 3 is 2.70 bits per heavy atom. The molecule has 9 heteroatoms. The summed E-state index contributed by atoms with van der Waals surface area (Å²) >= 11 is 0. The van der Waals surface area contributed by atoms with Crippen molar-refractivity contribution in [2.75, 3.05) is 32.1 Å². The van der Waals surface area contributed by atoms with E-state index in [4.69, 9.17) is 4.74 Å². The summed E-state index contributed by atoms with van der Waals surface area (Å²) in [7, 11) is 1.75. The average Bonchev–Trinajstić information content (AvgIpc) is 3.58. The maximum Gasteiger partial charge on any atom is 0.253 e. The Kier molecular flexibility index (Phi) is 9.78. The number of nitrogens with zero attached hydrogens (tertiary/aromatic N) is 2. The predicted octanol–water partition coefficient (Wildman–Crippen LogP) is 2.88. The Balaban J connectivity index is 0.00000306. The van der Waals surface area contributed by atoms with Gasteiger partial charge >= 0.3 is 0 Å². The zero-order chi connectivity index (χ0) is 22.3. The molecule has 1 saturated carbocycles. The SMILES string of the molecule is CN=C(NCc1cccc(NC(=O)C2CCCO2)c1)NC1CCN(C(=O)C2CCCC2)C1.I. The Labute approximate surface area is 213 Å². The van der Waals surface area contributed by atoms with Crippen LogP contribution in [0.25, 0.3) is 0 Å². The summed E-state index contributed by atoms with van der Waals surface area (Å²) in [6.07, 6.45) is 6.76. The van der Waals surface area contributed by atoms with Gasteiger partial charge in [-0.05, 0) is 49.8 Å². The molecular formula is C24H36IN5O3. The van der Waals surface area contributed by atoms with Crippen molar-refractivity contribution < 1.29 is 14.3 Å². The summed E-state index contributed by atoms with van der Waals surface area (Å²) in [5.74, 6) is 1.21. The summed E-state index contributed by atoms with van der Waals surface area (Å²) < 4.78 is 5.45. The third-order valence-electron chi connectivity index (χ3n) is 6.65. The molecule has 1 aliphatic carbocycles. The number of amides is 2. The van der Waals surface area contributed by atoms with Gasteiger partial charge in [0.2, 0.25) is 5.91 Å². The smallest absolute Gasteiger partial charge is 0.253 e. The van der Waals surface area contributed by atoms with E-state index in [-0.39, 0.29) is 47.9 Å². The fourth-order valence-electron chi connectivity index (χ4n) is 4.85. The second kappa shape index (κ2) is 12.5. The Bertz CT molecular complexity index is 837. The zero-order valence-corrected chi connectivity index (χ0v) is 21.7. The number of aliphatic imine (C=N–C) groups is 1. The number of carbonyl (C=O) groups excluding carboxylic acids is 2. The Morgan fingerprint density at radius 1 is 1.15 bits per heavy atom. The minimum Gasteiger partial charge on any atom is -0.368 e. The van der Waals surface area contributed by atoms with Crippen LogP contribution < -0.4 is 16.0 Å². The molecule has 2 unspecified atom stereocenters. The number of hydrogen-bond donors (Lipinski definition) is 3. The lowest BCUT2D eigenvalue weighted by molar-refractivity contribution is -0.134. The number of carbonyl (C=O) groups is 2. The van der Waals surface area contributed by atoms with Crippen molar-refractivity contribution in [3.05, 3.63) is 29.8 Å². The maximum atomic E-state index is 12.7. The average molecular weight is 569 g/mol. The third-order valence-corrected chi connectivity index (χ3v) is 6.65. The van der Waals surface area contributed by atoms with Crippen LogP contribution in [0.2, 0.25) is 0 Å². The molecule has 3 aliphatic rings. The van der Waals surface area contributed by atoms with Crippen molar-refractivity contribution in [1.82, 2.24) is 15.5 Å². The molecule has 1 aromatic carbocycles. The first-order chi connectivity index (χ1) is 15.6. The summed E-state index contributed by atoms with van der Waals surface area (Å²) in [6.45, 7) is 2.79. The van der Waals surface area contributed by atoms with E-state index in [2.05, 4.69) is 20.9 Å². The van der Waals surface area contributed by atoms with E-state index < -0.39 is 0 Å². The van der Waals surface area contributed by atoms with E-state index in [1.54, 1.807) is 7.05 Å². The van der Waals surface area contributed by atoms with Crippen LogP contribution in [0.1, 0.15) is 50.5 Å². The van der Waals surface area contributed by atoms with Crippen molar-refractivity contribution in [2.24, 2.45) is 10.9 Å². The number of nitrogens with one attached hydrogen (secondary N) is 3.